The molecule has 10 heteroatoms. The lowest BCUT2D eigenvalue weighted by Gasteiger charge is -1.93. The maximum atomic E-state index is 10.5. The topological polar surface area (TPSA) is 162 Å². The van der Waals surface area contributed by atoms with E-state index in [0.29, 0.717) is 13.0 Å². The summed E-state index contributed by atoms with van der Waals surface area (Å²) in [4.78, 5) is 55.6. The summed E-state index contributed by atoms with van der Waals surface area (Å²) in [7, 11) is 0. The number of hydrogen-bond acceptors (Lipinski definition) is 6. The van der Waals surface area contributed by atoms with E-state index in [1.165, 1.54) is 0 Å². The molecule has 0 bridgehead atoms. The molecule has 122 valence electrons. The number of rotatable bonds is 1. The molecule has 0 saturated carbocycles. The van der Waals surface area contributed by atoms with Crippen LogP contribution in [0.1, 0.15) is 25.7 Å². The van der Waals surface area contributed by atoms with Gasteiger partial charge in [0.05, 0.1) is 6.61 Å². The highest BCUT2D eigenvalue weighted by Crippen LogP contribution is 2.06. The van der Waals surface area contributed by atoms with Crippen molar-refractivity contribution < 1.29 is 19.4 Å². The van der Waals surface area contributed by atoms with Crippen molar-refractivity contribution >= 4 is 11.9 Å². The summed E-state index contributed by atoms with van der Waals surface area (Å²) >= 11 is 0. The van der Waals surface area contributed by atoms with Gasteiger partial charge in [0, 0.05) is 12.5 Å². The third kappa shape index (κ3) is 11.0. The van der Waals surface area contributed by atoms with Crippen LogP contribution in [0.25, 0.3) is 0 Å². The zero-order valence-electron chi connectivity index (χ0n) is 11.7. The van der Waals surface area contributed by atoms with Gasteiger partial charge in [0.15, 0.2) is 0 Å². The van der Waals surface area contributed by atoms with Crippen LogP contribution in [0.4, 0.5) is 0 Å². The summed E-state index contributed by atoms with van der Waals surface area (Å²) in [6, 6.07) is 0. The molecule has 10 nitrogen and oxygen atoms in total. The van der Waals surface area contributed by atoms with E-state index in [0.717, 1.165) is 25.3 Å². The molecule has 2 heterocycles. The van der Waals surface area contributed by atoms with Gasteiger partial charge in [-0.25, -0.2) is 19.2 Å². The van der Waals surface area contributed by atoms with Gasteiger partial charge in [-0.15, -0.1) is 0 Å². The van der Waals surface area contributed by atoms with Gasteiger partial charge >= 0.3 is 29.0 Å². The number of carbonyl (C=O) groups excluding carboxylic acids is 1. The number of nitrogens with one attached hydrogen (secondary N) is 3. The van der Waals surface area contributed by atoms with E-state index in [1.807, 2.05) is 0 Å². The lowest BCUT2D eigenvalue weighted by Crippen LogP contribution is -2.34. The zero-order valence-corrected chi connectivity index (χ0v) is 11.7. The van der Waals surface area contributed by atoms with Crippen LogP contribution in [0.3, 0.4) is 0 Å². The van der Waals surface area contributed by atoms with Gasteiger partial charge in [0.1, 0.15) is 0 Å². The van der Waals surface area contributed by atoms with E-state index < -0.39 is 23.0 Å². The van der Waals surface area contributed by atoms with Crippen LogP contribution in [-0.2, 0) is 14.3 Å². The van der Waals surface area contributed by atoms with E-state index in [1.54, 1.807) is 15.0 Å². The molecule has 0 amide bonds. The summed E-state index contributed by atoms with van der Waals surface area (Å²) in [5.41, 5.74) is -2.41. The lowest BCUT2D eigenvalue weighted by molar-refractivity contribution is -0.142. The minimum atomic E-state index is -0.981. The summed E-state index contributed by atoms with van der Waals surface area (Å²) in [6.07, 6.45) is 4.66. The summed E-state index contributed by atoms with van der Waals surface area (Å²) in [5, 5.41) is 7.60. The van der Waals surface area contributed by atoms with Gasteiger partial charge in [0.2, 0.25) is 0 Å². The van der Waals surface area contributed by atoms with Gasteiger partial charge in [-0.3, -0.25) is 19.7 Å². The van der Waals surface area contributed by atoms with Crippen LogP contribution in [0, 0.1) is 0 Å². The molecule has 0 atom stereocenters. The number of aromatic nitrogens is 3. The van der Waals surface area contributed by atoms with Gasteiger partial charge < -0.3 is 9.84 Å². The molecule has 0 spiro atoms. The Morgan fingerprint density at radius 3 is 1.86 bits per heavy atom. The van der Waals surface area contributed by atoms with Crippen molar-refractivity contribution in [3.63, 3.8) is 0 Å². The van der Waals surface area contributed by atoms with Crippen LogP contribution >= 0.6 is 0 Å². The van der Waals surface area contributed by atoms with E-state index in [4.69, 9.17) is 9.84 Å². The molecule has 1 aliphatic heterocycles. The number of carboxylic acid groups (broad SMARTS) is 1. The first-order valence-electron chi connectivity index (χ1n) is 6.29. The average Bonchev–Trinajstić information content (AvgIpc) is 2.66. The molecule has 1 aromatic heterocycles. The van der Waals surface area contributed by atoms with E-state index in [-0.39, 0.29) is 5.97 Å². The molecule has 1 saturated heterocycles. The van der Waals surface area contributed by atoms with Gasteiger partial charge in [0.25, 0.3) is 0 Å². The number of carbonyl (C=O) groups is 2. The average molecular weight is 315 g/mol. The second-order valence-electron chi connectivity index (χ2n) is 3.94. The minimum absolute atomic E-state index is 0.0255. The Bertz CT molecular complexity index is 567. The molecule has 0 unspecified atom stereocenters. The third-order valence-electron chi connectivity index (χ3n) is 2.14. The van der Waals surface area contributed by atoms with Crippen molar-refractivity contribution in [2.75, 3.05) is 6.61 Å². The molecule has 4 N–H and O–H groups in total. The Morgan fingerprint density at radius 2 is 1.45 bits per heavy atom. The van der Waals surface area contributed by atoms with Crippen molar-refractivity contribution in [1.29, 1.82) is 0 Å². The Hall–Kier alpha value is -2.91. The van der Waals surface area contributed by atoms with E-state index in [2.05, 4.69) is 6.58 Å². The molecule has 2 rings (SSSR count). The molecule has 1 fully saturated rings. The molecule has 1 aliphatic rings. The Kier molecular flexibility index (Phi) is 9.40. The quantitative estimate of drug-likeness (QED) is 0.386. The maximum Gasteiger partial charge on any atom is 0.330 e. The van der Waals surface area contributed by atoms with Gasteiger partial charge in [-0.1, -0.05) is 6.58 Å². The standard InChI is InChI=1S/C6H10O2.C3H3N3O3.C3H4O2/c7-6-4-2-1-3-5-8-6;7-1-4-2(8)6-3(9)5-1;1-2-3(4)5/h1-5H2;(H3,4,5,6,7,8,9);2H,1H2,(H,4,5). The Balaban J connectivity index is 0.000000315. The first-order valence-corrected chi connectivity index (χ1v) is 6.29. The smallest absolute Gasteiger partial charge is 0.330 e. The van der Waals surface area contributed by atoms with Crippen LogP contribution in [0.15, 0.2) is 27.0 Å². The second-order valence-corrected chi connectivity index (χ2v) is 3.94. The summed E-state index contributed by atoms with van der Waals surface area (Å²) < 4.78 is 4.76. The normalized spacial score (nSPS) is 13.2. The number of ether oxygens (including phenoxy) is 1. The summed E-state index contributed by atoms with van der Waals surface area (Å²) in [6.45, 7) is 3.60. The highest BCUT2D eigenvalue weighted by atomic mass is 16.5. The third-order valence-corrected chi connectivity index (χ3v) is 2.14. The maximum absolute atomic E-state index is 10.5. The molecule has 0 radical (unpaired) electrons. The SMILES string of the molecule is C=CC(=O)O.O=C1CCCCCO1.O=c1[nH]c(=O)[nH]c(=O)[nH]1. The predicted octanol–water partition coefficient (Wildman–Crippen LogP) is -0.888. The largest absolute Gasteiger partial charge is 0.478 e. The molecule has 22 heavy (non-hydrogen) atoms. The number of H-pyrrole nitrogens is 3. The van der Waals surface area contributed by atoms with Gasteiger partial charge in [-0.2, -0.15) is 0 Å². The van der Waals surface area contributed by atoms with Crippen LogP contribution in [0.2, 0.25) is 0 Å². The molecular formula is C12H17N3O7. The first-order chi connectivity index (χ1) is 10.3. The molecule has 1 aromatic rings. The van der Waals surface area contributed by atoms with Crippen molar-refractivity contribution in [2.45, 2.75) is 25.7 Å². The van der Waals surface area contributed by atoms with Crippen LogP contribution < -0.4 is 17.1 Å². The molecular weight excluding hydrogens is 298 g/mol. The number of esters is 1. The number of hydrogen-bond donors (Lipinski definition) is 4. The summed E-state index contributed by atoms with van der Waals surface area (Å²) in [5.74, 6) is -1.01. The van der Waals surface area contributed by atoms with Gasteiger partial charge in [-0.05, 0) is 19.3 Å². The fourth-order valence-electron chi connectivity index (χ4n) is 1.21. The second kappa shape index (κ2) is 10.8. The number of aliphatic carboxylic acids is 1. The predicted molar refractivity (Wildman–Crippen MR) is 75.6 cm³/mol. The monoisotopic (exact) mass is 315 g/mol. The zero-order chi connectivity index (χ0) is 17.0. The minimum Gasteiger partial charge on any atom is -0.478 e. The number of carboxylic acids is 1. The lowest BCUT2D eigenvalue weighted by atomic mass is 10.2. The van der Waals surface area contributed by atoms with Crippen LogP contribution in [-0.4, -0.2) is 38.6 Å². The molecule has 0 aliphatic carbocycles. The van der Waals surface area contributed by atoms with Crippen molar-refractivity contribution in [2.24, 2.45) is 0 Å². The number of aromatic amines is 3. The van der Waals surface area contributed by atoms with Crippen LogP contribution in [0.5, 0.6) is 0 Å². The van der Waals surface area contributed by atoms with Crippen molar-refractivity contribution in [3.05, 3.63) is 44.1 Å². The van der Waals surface area contributed by atoms with Crippen molar-refractivity contribution in [1.82, 2.24) is 15.0 Å². The fraction of sp³-hybridized carbons (Fsp3) is 0.417. The van der Waals surface area contributed by atoms with E-state index in [9.17, 15) is 24.0 Å². The Morgan fingerprint density at radius 1 is 1.00 bits per heavy atom. The van der Waals surface area contributed by atoms with E-state index >= 15 is 0 Å². The molecule has 0 aromatic carbocycles. The highest BCUT2D eigenvalue weighted by Gasteiger charge is 2.05. The Labute approximate surface area is 123 Å². The first kappa shape index (κ1) is 19.1. The highest BCUT2D eigenvalue weighted by molar-refractivity contribution is 5.78. The fourth-order valence-corrected chi connectivity index (χ4v) is 1.21. The number of cyclic esters (lactones) is 1. The van der Waals surface area contributed by atoms with Crippen molar-refractivity contribution in [3.8, 4) is 0 Å².